The Kier molecular flexibility index (Phi) is 9.21. The highest BCUT2D eigenvalue weighted by atomic mass is 35.5. The average Bonchev–Trinajstić information content (AvgIpc) is 3.43. The van der Waals surface area contributed by atoms with E-state index >= 15 is 0 Å². The third kappa shape index (κ3) is 7.06. The summed E-state index contributed by atoms with van der Waals surface area (Å²) in [7, 11) is 0. The molecule has 1 aliphatic rings. The normalized spacial score (nSPS) is 14.9. The van der Waals surface area contributed by atoms with Crippen LogP contribution in [0, 0.1) is 0 Å². The molecule has 230 valence electrons. The molecule has 2 unspecified atom stereocenters. The highest BCUT2D eigenvalue weighted by molar-refractivity contribution is 6.31. The van der Waals surface area contributed by atoms with Crippen LogP contribution in [0.5, 0.6) is 11.5 Å². The Morgan fingerprint density at radius 1 is 1.00 bits per heavy atom. The lowest BCUT2D eigenvalue weighted by Crippen LogP contribution is -2.42. The number of amides is 2. The van der Waals surface area contributed by atoms with E-state index < -0.39 is 18.2 Å². The number of benzene rings is 3. The predicted octanol–water partition coefficient (Wildman–Crippen LogP) is 6.58. The molecule has 3 aromatic carbocycles. The summed E-state index contributed by atoms with van der Waals surface area (Å²) in [6.45, 7) is 0.770. The van der Waals surface area contributed by atoms with Crippen LogP contribution in [0.1, 0.15) is 39.8 Å². The van der Waals surface area contributed by atoms with Crippen molar-refractivity contribution in [1.29, 1.82) is 0 Å². The van der Waals surface area contributed by atoms with Gasteiger partial charge in [-0.2, -0.15) is 0 Å². The number of aliphatic hydroxyl groups excluding tert-OH is 1. The summed E-state index contributed by atoms with van der Waals surface area (Å²) in [5.41, 5.74) is 4.11. The first-order valence-electron chi connectivity index (χ1n) is 14.5. The number of ether oxygens (including phenoxy) is 2. The molecule has 0 fully saturated rings. The minimum absolute atomic E-state index is 0.0827. The van der Waals surface area contributed by atoms with Crippen molar-refractivity contribution in [3.8, 4) is 11.5 Å². The maximum absolute atomic E-state index is 13.5. The van der Waals surface area contributed by atoms with Crippen molar-refractivity contribution in [3.63, 3.8) is 0 Å². The first-order chi connectivity index (χ1) is 21.9. The van der Waals surface area contributed by atoms with Gasteiger partial charge in [0.1, 0.15) is 23.2 Å². The van der Waals surface area contributed by atoms with E-state index in [9.17, 15) is 14.7 Å². The quantitative estimate of drug-likeness (QED) is 0.167. The van der Waals surface area contributed by atoms with Gasteiger partial charge in [-0.05, 0) is 84.3 Å². The molecule has 45 heavy (non-hydrogen) atoms. The lowest BCUT2D eigenvalue weighted by atomic mass is 9.92. The van der Waals surface area contributed by atoms with E-state index in [-0.39, 0.29) is 19.1 Å². The number of hydrogen-bond acceptors (Lipinski definition) is 6. The molecule has 0 aliphatic carbocycles. The lowest BCUT2D eigenvalue weighted by molar-refractivity contribution is 0.0890. The molecule has 0 spiro atoms. The number of halogens is 2. The Morgan fingerprint density at radius 3 is 2.51 bits per heavy atom. The number of rotatable bonds is 9. The third-order valence-corrected chi connectivity index (χ3v) is 8.14. The summed E-state index contributed by atoms with van der Waals surface area (Å²) in [6.07, 6.45) is 1.23. The molecule has 0 saturated heterocycles. The molecule has 2 atom stereocenters. The molecule has 11 heteroatoms. The van der Waals surface area contributed by atoms with Crippen LogP contribution in [0.15, 0.2) is 91.1 Å². The number of aromatic amines is 1. The molecular weight excluding hydrogens is 615 g/mol. The predicted molar refractivity (Wildman–Crippen MR) is 172 cm³/mol. The molecular formula is C34H30Cl2N4O5. The number of carbonyl (C=O) groups is 2. The van der Waals surface area contributed by atoms with Crippen molar-refractivity contribution in [3.05, 3.63) is 124 Å². The standard InChI is InChI=1S/C34H30Cl2N4O5/c35-22-6-11-26(12-7-22)45-34(43)40-17-14-27-28-19-23(36)8-13-29(28)39-31(27)32(40)21-4-9-25(10-5-21)44-18-15-24(41)20-38-33(42)30-3-1-2-16-37-30/h1-13,16,19,24,32,39,41H,14-15,17-18,20H2,(H,38,42). The number of pyridine rings is 1. The van der Waals surface area contributed by atoms with E-state index in [0.717, 1.165) is 27.7 Å². The molecule has 3 N–H and O–H groups in total. The molecule has 0 radical (unpaired) electrons. The number of fused-ring (bicyclic) bond motifs is 3. The van der Waals surface area contributed by atoms with Crippen LogP contribution in [-0.2, 0) is 6.42 Å². The second-order valence-electron chi connectivity index (χ2n) is 10.7. The van der Waals surface area contributed by atoms with Gasteiger partial charge in [-0.25, -0.2) is 4.79 Å². The zero-order valence-corrected chi connectivity index (χ0v) is 25.6. The highest BCUT2D eigenvalue weighted by Crippen LogP contribution is 2.40. The number of nitrogens with one attached hydrogen (secondary N) is 2. The molecule has 6 rings (SSSR count). The average molecular weight is 646 g/mol. The largest absolute Gasteiger partial charge is 0.493 e. The fourth-order valence-corrected chi connectivity index (χ4v) is 5.72. The van der Waals surface area contributed by atoms with Gasteiger partial charge in [0, 0.05) is 52.3 Å². The second-order valence-corrected chi connectivity index (χ2v) is 11.5. The number of nitrogens with zero attached hydrogens (tertiary/aromatic N) is 2. The Balaban J connectivity index is 1.15. The summed E-state index contributed by atoms with van der Waals surface area (Å²) in [5, 5.41) is 15.2. The summed E-state index contributed by atoms with van der Waals surface area (Å²) < 4.78 is 11.6. The van der Waals surface area contributed by atoms with E-state index in [0.29, 0.717) is 46.6 Å². The van der Waals surface area contributed by atoms with Gasteiger partial charge in [0.2, 0.25) is 0 Å². The van der Waals surface area contributed by atoms with Gasteiger partial charge in [0.15, 0.2) is 0 Å². The van der Waals surface area contributed by atoms with Crippen molar-refractivity contribution >= 4 is 46.1 Å². The maximum atomic E-state index is 13.5. The fraction of sp³-hybridized carbons (Fsp3) is 0.206. The van der Waals surface area contributed by atoms with Crippen molar-refractivity contribution in [2.45, 2.75) is 25.0 Å². The molecule has 5 aromatic rings. The van der Waals surface area contributed by atoms with Crippen LogP contribution in [0.3, 0.4) is 0 Å². The van der Waals surface area contributed by atoms with Crippen molar-refractivity contribution < 1.29 is 24.2 Å². The van der Waals surface area contributed by atoms with Crippen molar-refractivity contribution in [2.75, 3.05) is 19.7 Å². The number of H-pyrrole nitrogens is 1. The van der Waals surface area contributed by atoms with Gasteiger partial charge < -0.3 is 24.9 Å². The van der Waals surface area contributed by atoms with Gasteiger partial charge in [0.05, 0.1) is 12.7 Å². The number of carbonyl (C=O) groups excluding carboxylic acids is 2. The van der Waals surface area contributed by atoms with Crippen LogP contribution in [0.25, 0.3) is 10.9 Å². The Morgan fingerprint density at radius 2 is 1.76 bits per heavy atom. The van der Waals surface area contributed by atoms with E-state index in [1.165, 1.54) is 0 Å². The zero-order chi connectivity index (χ0) is 31.3. The Labute approximate surface area is 269 Å². The third-order valence-electron chi connectivity index (χ3n) is 7.65. The van der Waals surface area contributed by atoms with Crippen LogP contribution in [-0.4, -0.2) is 57.8 Å². The molecule has 1 aliphatic heterocycles. The van der Waals surface area contributed by atoms with E-state index in [2.05, 4.69) is 15.3 Å². The van der Waals surface area contributed by atoms with E-state index in [1.807, 2.05) is 42.5 Å². The first kappa shape index (κ1) is 30.5. The number of hydrogen-bond donors (Lipinski definition) is 3. The van der Waals surface area contributed by atoms with E-state index in [1.54, 1.807) is 53.6 Å². The van der Waals surface area contributed by atoms with Crippen molar-refractivity contribution in [2.24, 2.45) is 0 Å². The SMILES string of the molecule is O=C(NCC(O)CCOc1ccc(C2c3[nH]c4ccc(Cl)cc4c3CCN2C(=O)Oc2ccc(Cl)cc2)cc1)c1ccccn1. The summed E-state index contributed by atoms with van der Waals surface area (Å²) in [4.78, 5) is 34.9. The summed E-state index contributed by atoms with van der Waals surface area (Å²) in [6, 6.07) is 24.5. The minimum atomic E-state index is -0.784. The summed E-state index contributed by atoms with van der Waals surface area (Å²) >= 11 is 12.3. The van der Waals surface area contributed by atoms with Crippen LogP contribution >= 0.6 is 23.2 Å². The monoisotopic (exact) mass is 644 g/mol. The molecule has 0 bridgehead atoms. The zero-order valence-electron chi connectivity index (χ0n) is 24.1. The highest BCUT2D eigenvalue weighted by Gasteiger charge is 2.35. The molecule has 9 nitrogen and oxygen atoms in total. The summed E-state index contributed by atoms with van der Waals surface area (Å²) in [5.74, 6) is 0.666. The molecule has 2 amide bonds. The Bertz CT molecular complexity index is 1800. The van der Waals surface area contributed by atoms with Crippen LogP contribution < -0.4 is 14.8 Å². The van der Waals surface area contributed by atoms with Gasteiger partial charge >= 0.3 is 6.09 Å². The topological polar surface area (TPSA) is 117 Å². The van der Waals surface area contributed by atoms with Crippen LogP contribution in [0.4, 0.5) is 4.79 Å². The fourth-order valence-electron chi connectivity index (χ4n) is 5.43. The van der Waals surface area contributed by atoms with Gasteiger partial charge in [0.25, 0.3) is 5.91 Å². The van der Waals surface area contributed by atoms with Crippen LogP contribution in [0.2, 0.25) is 10.0 Å². The Hall–Kier alpha value is -4.57. The second kappa shape index (κ2) is 13.6. The van der Waals surface area contributed by atoms with E-state index in [4.69, 9.17) is 32.7 Å². The van der Waals surface area contributed by atoms with Gasteiger partial charge in [-0.3, -0.25) is 14.7 Å². The molecule has 0 saturated carbocycles. The molecule has 3 heterocycles. The minimum Gasteiger partial charge on any atom is -0.493 e. The molecule has 2 aromatic heterocycles. The lowest BCUT2D eigenvalue weighted by Gasteiger charge is -2.35. The van der Waals surface area contributed by atoms with Gasteiger partial charge in [-0.15, -0.1) is 0 Å². The maximum Gasteiger partial charge on any atom is 0.416 e. The first-order valence-corrected chi connectivity index (χ1v) is 15.3. The van der Waals surface area contributed by atoms with Crippen molar-refractivity contribution in [1.82, 2.24) is 20.2 Å². The smallest absolute Gasteiger partial charge is 0.416 e. The number of aromatic nitrogens is 2. The number of aliphatic hydroxyl groups is 1. The van der Waals surface area contributed by atoms with Gasteiger partial charge in [-0.1, -0.05) is 41.4 Å².